The molecule has 1 radical (unpaired) electrons. The van der Waals surface area contributed by atoms with Crippen molar-refractivity contribution in [3.05, 3.63) is 30.7 Å². The van der Waals surface area contributed by atoms with Gasteiger partial charge in [-0.3, -0.25) is 9.59 Å². The maximum Gasteiger partial charge on any atom is 0.311 e. The van der Waals surface area contributed by atoms with E-state index in [4.69, 9.17) is 9.47 Å². The van der Waals surface area contributed by atoms with Crippen LogP contribution in [-0.4, -0.2) is 19.4 Å². The van der Waals surface area contributed by atoms with Gasteiger partial charge in [-0.1, -0.05) is 0 Å². The van der Waals surface area contributed by atoms with Gasteiger partial charge in [0.05, 0.1) is 14.0 Å². The highest BCUT2D eigenvalue weighted by Crippen LogP contribution is 2.27. The number of carbonyl (C=O) groups excluding carboxylic acids is 2. The van der Waals surface area contributed by atoms with E-state index < -0.39 is 5.97 Å². The largest absolute Gasteiger partial charge is 0.493 e. The van der Waals surface area contributed by atoms with Crippen LogP contribution in [-0.2, 0) is 4.79 Å². The lowest BCUT2D eigenvalue weighted by Gasteiger charge is -2.07. The van der Waals surface area contributed by atoms with Gasteiger partial charge in [0.15, 0.2) is 11.5 Å². The zero-order valence-electron chi connectivity index (χ0n) is 7.65. The van der Waals surface area contributed by atoms with Crippen LogP contribution in [0.4, 0.5) is 0 Å². The molecule has 0 unspecified atom stereocenters. The summed E-state index contributed by atoms with van der Waals surface area (Å²) in [5.74, 6) is -0.105. The first-order valence-electron chi connectivity index (χ1n) is 3.84. The van der Waals surface area contributed by atoms with Gasteiger partial charge in [-0.2, -0.15) is 0 Å². The van der Waals surface area contributed by atoms with Crippen LogP contribution in [0.3, 0.4) is 0 Å². The summed E-state index contributed by atoms with van der Waals surface area (Å²) in [7, 11) is 1.42. The second kappa shape index (κ2) is 4.41. The SMILES string of the molecule is [CH2]C(=O)Oc1ccc(C=O)cc1OC. The zero-order chi connectivity index (χ0) is 10.6. The molecule has 0 aromatic heterocycles. The zero-order valence-corrected chi connectivity index (χ0v) is 7.65. The molecule has 73 valence electrons. The number of hydrogen-bond acceptors (Lipinski definition) is 4. The van der Waals surface area contributed by atoms with Crippen molar-refractivity contribution in [3.63, 3.8) is 0 Å². The number of benzene rings is 1. The summed E-state index contributed by atoms with van der Waals surface area (Å²) in [4.78, 5) is 21.0. The second-order valence-electron chi connectivity index (χ2n) is 2.50. The van der Waals surface area contributed by atoms with Gasteiger partial charge >= 0.3 is 5.97 Å². The van der Waals surface area contributed by atoms with Gasteiger partial charge in [0.25, 0.3) is 0 Å². The fourth-order valence-electron chi connectivity index (χ4n) is 0.964. The van der Waals surface area contributed by atoms with Crippen LogP contribution in [0.15, 0.2) is 18.2 Å². The highest BCUT2D eigenvalue weighted by Gasteiger charge is 2.07. The van der Waals surface area contributed by atoms with Crippen LogP contribution in [0.25, 0.3) is 0 Å². The summed E-state index contributed by atoms with van der Waals surface area (Å²) in [5.41, 5.74) is 0.450. The van der Waals surface area contributed by atoms with Crippen molar-refractivity contribution in [1.29, 1.82) is 0 Å². The van der Waals surface area contributed by atoms with Gasteiger partial charge in [0.2, 0.25) is 0 Å². The number of rotatable bonds is 3. The molecular formula is C10H9O4. The lowest BCUT2D eigenvalue weighted by Crippen LogP contribution is -2.03. The minimum atomic E-state index is -0.679. The molecule has 0 N–H and O–H groups in total. The Hall–Kier alpha value is -1.84. The smallest absolute Gasteiger partial charge is 0.311 e. The first kappa shape index (κ1) is 10.2. The number of carbonyl (C=O) groups is 2. The van der Waals surface area contributed by atoms with Crippen LogP contribution < -0.4 is 9.47 Å². The molecule has 0 atom stereocenters. The van der Waals surface area contributed by atoms with Crippen LogP contribution in [0.2, 0.25) is 0 Å². The van der Waals surface area contributed by atoms with Crippen molar-refractivity contribution < 1.29 is 19.1 Å². The molecule has 0 aliphatic rings. The third kappa shape index (κ3) is 2.32. The average Bonchev–Trinajstić information content (AvgIpc) is 2.17. The monoisotopic (exact) mass is 193 g/mol. The van der Waals surface area contributed by atoms with E-state index in [0.717, 1.165) is 0 Å². The molecule has 0 bridgehead atoms. The molecule has 0 saturated carbocycles. The summed E-state index contributed by atoms with van der Waals surface area (Å²) < 4.78 is 9.67. The van der Waals surface area contributed by atoms with E-state index in [2.05, 4.69) is 6.92 Å². The van der Waals surface area contributed by atoms with Crippen LogP contribution in [0, 0.1) is 6.92 Å². The van der Waals surface area contributed by atoms with E-state index in [1.165, 1.54) is 25.3 Å². The first-order chi connectivity index (χ1) is 6.67. The predicted molar refractivity (Wildman–Crippen MR) is 49.4 cm³/mol. The molecule has 0 amide bonds. The van der Waals surface area contributed by atoms with Gasteiger partial charge < -0.3 is 9.47 Å². The van der Waals surface area contributed by atoms with Crippen molar-refractivity contribution in [3.8, 4) is 11.5 Å². The van der Waals surface area contributed by atoms with Crippen molar-refractivity contribution in [2.75, 3.05) is 7.11 Å². The molecule has 1 aromatic carbocycles. The van der Waals surface area contributed by atoms with Gasteiger partial charge in [-0.15, -0.1) is 0 Å². The van der Waals surface area contributed by atoms with Gasteiger partial charge in [0.1, 0.15) is 6.29 Å². The topological polar surface area (TPSA) is 52.6 Å². The maximum atomic E-state index is 10.6. The van der Waals surface area contributed by atoms with Crippen LogP contribution in [0.5, 0.6) is 11.5 Å². The molecule has 14 heavy (non-hydrogen) atoms. The Morgan fingerprint density at radius 3 is 2.64 bits per heavy atom. The highest BCUT2D eigenvalue weighted by molar-refractivity contribution is 5.79. The summed E-state index contributed by atoms with van der Waals surface area (Å²) in [5, 5.41) is 0. The summed E-state index contributed by atoms with van der Waals surface area (Å²) >= 11 is 0. The Kier molecular flexibility index (Phi) is 3.23. The Morgan fingerprint density at radius 2 is 2.14 bits per heavy atom. The lowest BCUT2D eigenvalue weighted by atomic mass is 10.2. The Balaban J connectivity index is 3.04. The van der Waals surface area contributed by atoms with Crippen LogP contribution in [0.1, 0.15) is 10.4 Å². The van der Waals surface area contributed by atoms with E-state index in [9.17, 15) is 9.59 Å². The van der Waals surface area contributed by atoms with Crippen molar-refractivity contribution >= 4 is 12.3 Å². The van der Waals surface area contributed by atoms with E-state index in [0.29, 0.717) is 17.6 Å². The second-order valence-corrected chi connectivity index (χ2v) is 2.50. The van der Waals surface area contributed by atoms with E-state index in [1.54, 1.807) is 0 Å². The molecule has 0 aliphatic heterocycles. The van der Waals surface area contributed by atoms with Crippen LogP contribution >= 0.6 is 0 Å². The number of methoxy groups -OCH3 is 1. The Bertz CT molecular complexity index is 357. The number of aldehydes is 1. The third-order valence-electron chi connectivity index (χ3n) is 1.55. The standard InChI is InChI=1S/C10H9O4/c1-7(12)14-9-4-3-8(6-11)5-10(9)13-2/h3-6H,1H2,2H3. The predicted octanol–water partition coefficient (Wildman–Crippen LogP) is 1.25. The molecule has 1 aromatic rings. The van der Waals surface area contributed by atoms with Gasteiger partial charge in [-0.05, 0) is 18.2 Å². The summed E-state index contributed by atoms with van der Waals surface area (Å²) in [6, 6.07) is 4.48. The third-order valence-corrected chi connectivity index (χ3v) is 1.55. The van der Waals surface area contributed by atoms with Crippen molar-refractivity contribution in [1.82, 2.24) is 0 Å². The quantitative estimate of drug-likeness (QED) is 0.412. The normalized spacial score (nSPS) is 9.29. The fraction of sp³-hybridized carbons (Fsp3) is 0.100. The summed E-state index contributed by atoms with van der Waals surface area (Å²) in [6.07, 6.45) is 0.679. The molecule has 0 heterocycles. The van der Waals surface area contributed by atoms with Crippen molar-refractivity contribution in [2.45, 2.75) is 0 Å². The number of ether oxygens (including phenoxy) is 2. The average molecular weight is 193 g/mol. The minimum absolute atomic E-state index is 0.248. The van der Waals surface area contributed by atoms with Crippen molar-refractivity contribution in [2.24, 2.45) is 0 Å². The summed E-state index contributed by atoms with van der Waals surface area (Å²) in [6.45, 7) is 3.07. The molecular weight excluding hydrogens is 184 g/mol. The molecule has 0 spiro atoms. The molecule has 0 aliphatic carbocycles. The lowest BCUT2D eigenvalue weighted by molar-refractivity contribution is -0.129. The molecule has 1 rings (SSSR count). The van der Waals surface area contributed by atoms with E-state index >= 15 is 0 Å². The Morgan fingerprint density at radius 1 is 1.43 bits per heavy atom. The molecule has 4 nitrogen and oxygen atoms in total. The fourth-order valence-corrected chi connectivity index (χ4v) is 0.964. The van der Waals surface area contributed by atoms with Gasteiger partial charge in [0, 0.05) is 5.56 Å². The van der Waals surface area contributed by atoms with E-state index in [-0.39, 0.29) is 5.75 Å². The first-order valence-corrected chi connectivity index (χ1v) is 3.84. The molecule has 4 heteroatoms. The Labute approximate surface area is 81.4 Å². The van der Waals surface area contributed by atoms with E-state index in [1.807, 2.05) is 0 Å². The minimum Gasteiger partial charge on any atom is -0.493 e. The van der Waals surface area contributed by atoms with Gasteiger partial charge in [-0.25, -0.2) is 0 Å². The number of esters is 1. The highest BCUT2D eigenvalue weighted by atomic mass is 16.6. The maximum absolute atomic E-state index is 10.6. The number of hydrogen-bond donors (Lipinski definition) is 0. The molecule has 0 saturated heterocycles. The molecule has 0 fully saturated rings.